The minimum Gasteiger partial charge on any atom is -0.337 e. The normalized spacial score (nSPS) is 14.2. The SMILES string of the molecule is C[C@H](CNC(=O)NC[C@@H](C)S(N)(=O)=O)Sc1ccccc1. The molecule has 1 rings (SSSR count). The fourth-order valence-corrected chi connectivity index (χ4v) is 2.69. The summed E-state index contributed by atoms with van der Waals surface area (Å²) in [4.78, 5) is 12.7. The summed E-state index contributed by atoms with van der Waals surface area (Å²) < 4.78 is 22.0. The molecule has 0 fully saturated rings. The van der Waals surface area contributed by atoms with Crippen LogP contribution in [0, 0.1) is 0 Å². The topological polar surface area (TPSA) is 101 Å². The molecule has 2 amide bonds. The van der Waals surface area contributed by atoms with Crippen molar-refractivity contribution < 1.29 is 13.2 Å². The zero-order valence-corrected chi connectivity index (χ0v) is 13.7. The lowest BCUT2D eigenvalue weighted by molar-refractivity contribution is 0.241. The van der Waals surface area contributed by atoms with Crippen molar-refractivity contribution in [3.63, 3.8) is 0 Å². The predicted molar refractivity (Wildman–Crippen MR) is 85.7 cm³/mol. The van der Waals surface area contributed by atoms with Gasteiger partial charge in [0.15, 0.2) is 0 Å². The third-order valence-electron chi connectivity index (χ3n) is 2.74. The summed E-state index contributed by atoms with van der Waals surface area (Å²) in [5, 5.41) is 9.56. The van der Waals surface area contributed by atoms with Crippen molar-refractivity contribution in [2.75, 3.05) is 13.1 Å². The molecule has 0 unspecified atom stereocenters. The molecule has 0 radical (unpaired) electrons. The second-order valence-corrected chi connectivity index (χ2v) is 8.23. The third-order valence-corrected chi connectivity index (χ3v) is 5.14. The molecule has 0 spiro atoms. The van der Waals surface area contributed by atoms with Gasteiger partial charge in [-0.05, 0) is 19.1 Å². The number of nitrogens with two attached hydrogens (primary N) is 1. The Balaban J connectivity index is 2.27. The molecule has 1 aromatic rings. The first-order chi connectivity index (χ1) is 9.79. The van der Waals surface area contributed by atoms with E-state index in [1.54, 1.807) is 11.8 Å². The molecule has 0 heterocycles. The van der Waals surface area contributed by atoms with Gasteiger partial charge in [-0.25, -0.2) is 18.4 Å². The van der Waals surface area contributed by atoms with Crippen molar-refractivity contribution in [3.8, 4) is 0 Å². The first kappa shape index (κ1) is 17.8. The van der Waals surface area contributed by atoms with Crippen molar-refractivity contribution in [3.05, 3.63) is 30.3 Å². The van der Waals surface area contributed by atoms with Gasteiger partial charge in [0, 0.05) is 23.2 Å². The van der Waals surface area contributed by atoms with E-state index < -0.39 is 21.3 Å². The van der Waals surface area contributed by atoms with Crippen LogP contribution >= 0.6 is 11.8 Å². The summed E-state index contributed by atoms with van der Waals surface area (Å²) in [6.07, 6.45) is 0. The van der Waals surface area contributed by atoms with E-state index in [-0.39, 0.29) is 11.8 Å². The quantitative estimate of drug-likeness (QED) is 0.652. The number of benzene rings is 1. The van der Waals surface area contributed by atoms with E-state index in [4.69, 9.17) is 5.14 Å². The Bertz CT molecular complexity index is 549. The van der Waals surface area contributed by atoms with E-state index in [0.717, 1.165) is 4.90 Å². The number of amides is 2. The number of carbonyl (C=O) groups excluding carboxylic acids is 1. The van der Waals surface area contributed by atoms with Crippen LogP contribution in [0.2, 0.25) is 0 Å². The number of carbonyl (C=O) groups is 1. The van der Waals surface area contributed by atoms with Crippen molar-refractivity contribution >= 4 is 27.8 Å². The van der Waals surface area contributed by atoms with Crippen LogP contribution in [0.1, 0.15) is 13.8 Å². The van der Waals surface area contributed by atoms with Crippen molar-refractivity contribution in [2.45, 2.75) is 29.2 Å². The Hall–Kier alpha value is -1.25. The summed E-state index contributed by atoms with van der Waals surface area (Å²) in [6.45, 7) is 3.93. The van der Waals surface area contributed by atoms with Crippen LogP contribution in [-0.2, 0) is 10.0 Å². The maximum atomic E-state index is 11.6. The fourth-order valence-electron chi connectivity index (χ4n) is 1.42. The lowest BCUT2D eigenvalue weighted by Gasteiger charge is -2.14. The Labute approximate surface area is 129 Å². The second-order valence-electron chi connectivity index (χ2n) is 4.73. The number of thioether (sulfide) groups is 1. The largest absolute Gasteiger partial charge is 0.337 e. The average molecular weight is 331 g/mol. The van der Waals surface area contributed by atoms with Gasteiger partial charge in [-0.1, -0.05) is 25.1 Å². The minimum atomic E-state index is -3.62. The predicted octanol–water partition coefficient (Wildman–Crippen LogP) is 1.14. The molecule has 8 heteroatoms. The van der Waals surface area contributed by atoms with E-state index >= 15 is 0 Å². The van der Waals surface area contributed by atoms with Gasteiger partial charge in [0.05, 0.1) is 5.25 Å². The maximum absolute atomic E-state index is 11.6. The Morgan fingerprint density at radius 3 is 2.33 bits per heavy atom. The standard InChI is InChI=1S/C13H21N3O3S2/c1-10(20-12-6-4-3-5-7-12)8-15-13(17)16-9-11(2)21(14,18)19/h3-7,10-11H,8-9H2,1-2H3,(H2,14,18,19)(H2,15,16,17)/t10-,11-/m1/s1. The molecule has 0 saturated heterocycles. The number of primary sulfonamides is 1. The van der Waals surface area contributed by atoms with Gasteiger partial charge in [0.1, 0.15) is 0 Å². The fraction of sp³-hybridized carbons (Fsp3) is 0.462. The minimum absolute atomic E-state index is 0.00905. The van der Waals surface area contributed by atoms with Gasteiger partial charge in [-0.3, -0.25) is 0 Å². The van der Waals surface area contributed by atoms with E-state index in [1.807, 2.05) is 37.3 Å². The maximum Gasteiger partial charge on any atom is 0.314 e. The monoisotopic (exact) mass is 331 g/mol. The highest BCUT2D eigenvalue weighted by atomic mass is 32.2. The highest BCUT2D eigenvalue weighted by molar-refractivity contribution is 8.00. The molecule has 0 saturated carbocycles. The van der Waals surface area contributed by atoms with Crippen LogP contribution in [0.5, 0.6) is 0 Å². The number of nitrogens with one attached hydrogen (secondary N) is 2. The van der Waals surface area contributed by atoms with Gasteiger partial charge in [-0.2, -0.15) is 0 Å². The van der Waals surface area contributed by atoms with E-state index in [0.29, 0.717) is 6.54 Å². The Morgan fingerprint density at radius 1 is 1.19 bits per heavy atom. The second kappa shape index (κ2) is 8.26. The smallest absolute Gasteiger partial charge is 0.314 e. The lowest BCUT2D eigenvalue weighted by Crippen LogP contribution is -2.43. The molecular formula is C13H21N3O3S2. The molecule has 0 aromatic heterocycles. The molecular weight excluding hydrogens is 310 g/mol. The Morgan fingerprint density at radius 2 is 1.76 bits per heavy atom. The van der Waals surface area contributed by atoms with Crippen LogP contribution in [0.15, 0.2) is 35.2 Å². The molecule has 0 aliphatic rings. The molecule has 118 valence electrons. The number of rotatable bonds is 7. The Kier molecular flexibility index (Phi) is 7.00. The third kappa shape index (κ3) is 7.35. The molecule has 4 N–H and O–H groups in total. The molecule has 1 aromatic carbocycles. The van der Waals surface area contributed by atoms with Crippen LogP contribution in [0.4, 0.5) is 4.79 Å². The van der Waals surface area contributed by atoms with Gasteiger partial charge >= 0.3 is 6.03 Å². The first-order valence-corrected chi connectivity index (χ1v) is 9.03. The molecule has 0 aliphatic carbocycles. The van der Waals surface area contributed by atoms with Gasteiger partial charge in [-0.15, -0.1) is 11.8 Å². The van der Waals surface area contributed by atoms with E-state index in [1.165, 1.54) is 6.92 Å². The number of sulfonamides is 1. The molecule has 21 heavy (non-hydrogen) atoms. The molecule has 0 aliphatic heterocycles. The zero-order valence-electron chi connectivity index (χ0n) is 12.1. The van der Waals surface area contributed by atoms with E-state index in [2.05, 4.69) is 10.6 Å². The highest BCUT2D eigenvalue weighted by Gasteiger charge is 2.16. The zero-order chi connectivity index (χ0) is 15.9. The number of hydrogen-bond acceptors (Lipinski definition) is 4. The van der Waals surface area contributed by atoms with Gasteiger partial charge in [0.2, 0.25) is 10.0 Å². The van der Waals surface area contributed by atoms with Gasteiger partial charge < -0.3 is 10.6 Å². The lowest BCUT2D eigenvalue weighted by atomic mass is 10.4. The number of hydrogen-bond donors (Lipinski definition) is 3. The van der Waals surface area contributed by atoms with Crippen LogP contribution in [-0.4, -0.2) is 38.0 Å². The first-order valence-electron chi connectivity index (χ1n) is 6.54. The van der Waals surface area contributed by atoms with Crippen molar-refractivity contribution in [1.82, 2.24) is 10.6 Å². The van der Waals surface area contributed by atoms with Crippen LogP contribution in [0.25, 0.3) is 0 Å². The highest BCUT2D eigenvalue weighted by Crippen LogP contribution is 2.21. The average Bonchev–Trinajstić information content (AvgIpc) is 2.42. The molecule has 6 nitrogen and oxygen atoms in total. The van der Waals surface area contributed by atoms with Crippen molar-refractivity contribution in [1.29, 1.82) is 0 Å². The summed E-state index contributed by atoms with van der Waals surface area (Å²) in [5.74, 6) is 0. The molecule has 2 atom stereocenters. The van der Waals surface area contributed by atoms with Crippen molar-refractivity contribution in [2.24, 2.45) is 5.14 Å². The summed E-state index contributed by atoms with van der Waals surface area (Å²) >= 11 is 1.66. The van der Waals surface area contributed by atoms with Gasteiger partial charge in [0.25, 0.3) is 0 Å². The summed E-state index contributed by atoms with van der Waals surface area (Å²) in [5.41, 5.74) is 0. The summed E-state index contributed by atoms with van der Waals surface area (Å²) in [6, 6.07) is 9.50. The van der Waals surface area contributed by atoms with Crippen LogP contribution in [0.3, 0.4) is 0 Å². The molecule has 0 bridgehead atoms. The van der Waals surface area contributed by atoms with Crippen LogP contribution < -0.4 is 15.8 Å². The number of urea groups is 1. The summed E-state index contributed by atoms with van der Waals surface area (Å²) in [7, 11) is -3.62. The van der Waals surface area contributed by atoms with E-state index in [9.17, 15) is 13.2 Å².